The van der Waals surface area contributed by atoms with Crippen molar-refractivity contribution in [2.45, 2.75) is 88.8 Å². The van der Waals surface area contributed by atoms with Crippen molar-refractivity contribution < 1.29 is 14.4 Å². The van der Waals surface area contributed by atoms with Crippen LogP contribution in [0.1, 0.15) is 70.0 Å². The van der Waals surface area contributed by atoms with Crippen molar-refractivity contribution in [2.24, 2.45) is 5.41 Å². The summed E-state index contributed by atoms with van der Waals surface area (Å²) in [5.41, 5.74) is 2.13. The van der Waals surface area contributed by atoms with Crippen LogP contribution in [0.2, 0.25) is 0 Å². The predicted octanol–water partition coefficient (Wildman–Crippen LogP) is 3.17. The van der Waals surface area contributed by atoms with E-state index in [0.29, 0.717) is 12.8 Å². The second-order valence-corrected chi connectivity index (χ2v) is 11.7. The SMILES string of the molecule is CCC(NC)C(=O)N[C@H]1CCS[C@H]2CC(C)(C)[C@@H](C(=O)N[C@@H]3CCCc4ccccc43)N2C1=O.Cl. The average molecular weight is 523 g/mol. The van der Waals surface area contributed by atoms with Crippen LogP contribution in [0.5, 0.6) is 0 Å². The fraction of sp³-hybridized carbons (Fsp3) is 0.654. The quantitative estimate of drug-likeness (QED) is 0.534. The smallest absolute Gasteiger partial charge is 0.246 e. The van der Waals surface area contributed by atoms with E-state index in [1.165, 1.54) is 11.1 Å². The van der Waals surface area contributed by atoms with Crippen LogP contribution >= 0.6 is 24.2 Å². The van der Waals surface area contributed by atoms with E-state index in [2.05, 4.69) is 41.9 Å². The van der Waals surface area contributed by atoms with E-state index >= 15 is 0 Å². The molecule has 0 aromatic heterocycles. The fourth-order valence-electron chi connectivity index (χ4n) is 5.80. The second kappa shape index (κ2) is 11.5. The Morgan fingerprint density at radius 2 is 1.91 bits per heavy atom. The van der Waals surface area contributed by atoms with Gasteiger partial charge >= 0.3 is 0 Å². The van der Waals surface area contributed by atoms with Gasteiger partial charge in [0, 0.05) is 0 Å². The summed E-state index contributed by atoms with van der Waals surface area (Å²) in [6.07, 6.45) is 4.96. The van der Waals surface area contributed by atoms with Crippen LogP contribution in [-0.2, 0) is 20.8 Å². The predicted molar refractivity (Wildman–Crippen MR) is 142 cm³/mol. The third-order valence-electron chi connectivity index (χ3n) is 7.62. The molecular weight excluding hydrogens is 484 g/mol. The zero-order chi connectivity index (χ0) is 24.5. The third-order valence-corrected chi connectivity index (χ3v) is 8.87. The Hall–Kier alpha value is -1.77. The van der Waals surface area contributed by atoms with Gasteiger partial charge in [0.25, 0.3) is 0 Å². The van der Waals surface area contributed by atoms with Crippen molar-refractivity contribution in [3.05, 3.63) is 35.4 Å². The van der Waals surface area contributed by atoms with E-state index in [4.69, 9.17) is 0 Å². The first kappa shape index (κ1) is 27.8. The zero-order valence-corrected chi connectivity index (χ0v) is 22.8. The highest BCUT2D eigenvalue weighted by molar-refractivity contribution is 7.99. The van der Waals surface area contributed by atoms with E-state index < -0.39 is 12.1 Å². The lowest BCUT2D eigenvalue weighted by molar-refractivity contribution is -0.144. The Balaban J connectivity index is 0.00000342. The maximum absolute atomic E-state index is 13.8. The normalized spacial score (nSPS) is 28.1. The van der Waals surface area contributed by atoms with Crippen molar-refractivity contribution in [1.82, 2.24) is 20.9 Å². The minimum atomic E-state index is -0.605. The number of nitrogens with zero attached hydrogens (tertiary/aromatic N) is 1. The minimum Gasteiger partial charge on any atom is -0.347 e. The number of benzene rings is 1. The Labute approximate surface area is 219 Å². The second-order valence-electron chi connectivity index (χ2n) is 10.4. The number of likely N-dealkylation sites (N-methyl/N-ethyl adjacent to an activating group) is 1. The number of thioether (sulfide) groups is 1. The van der Waals surface area contributed by atoms with E-state index in [1.54, 1.807) is 23.7 Å². The Morgan fingerprint density at radius 3 is 2.63 bits per heavy atom. The van der Waals surface area contributed by atoms with Crippen molar-refractivity contribution in [3.8, 4) is 0 Å². The number of amides is 3. The van der Waals surface area contributed by atoms with Gasteiger partial charge in [-0.2, -0.15) is 0 Å². The fourth-order valence-corrected chi connectivity index (χ4v) is 7.38. The van der Waals surface area contributed by atoms with Gasteiger partial charge in [-0.05, 0) is 67.9 Å². The van der Waals surface area contributed by atoms with Crippen LogP contribution in [0.3, 0.4) is 0 Å². The molecule has 1 aliphatic carbocycles. The van der Waals surface area contributed by atoms with Gasteiger partial charge in [-0.3, -0.25) is 14.4 Å². The molecule has 2 saturated heterocycles. The lowest BCUT2D eigenvalue weighted by Crippen LogP contribution is -2.58. The highest BCUT2D eigenvalue weighted by atomic mass is 35.5. The van der Waals surface area contributed by atoms with Crippen molar-refractivity contribution in [2.75, 3.05) is 12.8 Å². The first-order chi connectivity index (χ1) is 16.3. The minimum absolute atomic E-state index is 0. The van der Waals surface area contributed by atoms with Crippen LogP contribution in [0, 0.1) is 5.41 Å². The molecule has 4 rings (SSSR count). The number of carbonyl (C=O) groups excluding carboxylic acids is 3. The third kappa shape index (κ3) is 5.65. The molecule has 3 N–H and O–H groups in total. The molecule has 194 valence electrons. The number of hydrogen-bond acceptors (Lipinski definition) is 5. The van der Waals surface area contributed by atoms with Gasteiger partial charge in [-0.1, -0.05) is 45.0 Å². The summed E-state index contributed by atoms with van der Waals surface area (Å²) >= 11 is 1.73. The molecule has 9 heteroatoms. The molecule has 0 spiro atoms. The van der Waals surface area contributed by atoms with E-state index in [0.717, 1.165) is 31.4 Å². The molecule has 1 aromatic carbocycles. The Morgan fingerprint density at radius 1 is 1.17 bits per heavy atom. The van der Waals surface area contributed by atoms with Crippen LogP contribution in [-0.4, -0.2) is 58.9 Å². The summed E-state index contributed by atoms with van der Waals surface area (Å²) in [6, 6.07) is 6.79. The van der Waals surface area contributed by atoms with E-state index in [9.17, 15) is 14.4 Å². The number of aryl methyl sites for hydroxylation is 1. The van der Waals surface area contributed by atoms with Crippen LogP contribution in [0.4, 0.5) is 0 Å². The molecule has 2 aliphatic heterocycles. The van der Waals surface area contributed by atoms with Crippen LogP contribution in [0.25, 0.3) is 0 Å². The molecule has 5 atom stereocenters. The monoisotopic (exact) mass is 522 g/mol. The van der Waals surface area contributed by atoms with Gasteiger partial charge in [0.15, 0.2) is 0 Å². The number of fused-ring (bicyclic) bond motifs is 2. The van der Waals surface area contributed by atoms with E-state index in [-0.39, 0.29) is 53.0 Å². The highest BCUT2D eigenvalue weighted by Crippen LogP contribution is 2.46. The highest BCUT2D eigenvalue weighted by Gasteiger charge is 2.54. The summed E-state index contributed by atoms with van der Waals surface area (Å²) in [5.74, 6) is 0.389. The van der Waals surface area contributed by atoms with Gasteiger partial charge in [0.1, 0.15) is 12.1 Å². The summed E-state index contributed by atoms with van der Waals surface area (Å²) in [6.45, 7) is 6.10. The van der Waals surface area contributed by atoms with Gasteiger partial charge in [0.2, 0.25) is 17.7 Å². The first-order valence-electron chi connectivity index (χ1n) is 12.6. The largest absolute Gasteiger partial charge is 0.347 e. The molecule has 3 aliphatic rings. The Bertz CT molecular complexity index is 939. The number of carbonyl (C=O) groups is 3. The molecule has 1 unspecified atom stereocenters. The number of rotatable bonds is 6. The van der Waals surface area contributed by atoms with Crippen molar-refractivity contribution >= 4 is 41.9 Å². The topological polar surface area (TPSA) is 90.5 Å². The zero-order valence-electron chi connectivity index (χ0n) is 21.1. The summed E-state index contributed by atoms with van der Waals surface area (Å²) in [4.78, 5) is 42.0. The molecule has 3 amide bonds. The number of hydrogen-bond donors (Lipinski definition) is 3. The molecular formula is C26H39ClN4O3S. The summed E-state index contributed by atoms with van der Waals surface area (Å²) < 4.78 is 0. The van der Waals surface area contributed by atoms with Gasteiger partial charge < -0.3 is 20.9 Å². The standard InChI is InChI=1S/C26H38N4O3S.ClH/c1-5-18(27-4)23(31)29-20-13-14-34-21-15-26(2,3)22(30(21)25(20)33)24(32)28-19-12-8-10-16-9-6-7-11-17(16)19;/h6-7,9,11,18-22,27H,5,8,10,12-15H2,1-4H3,(H,28,32)(H,29,31);1H/t18?,19-,20+,21+,22-;/m1./s1. The van der Waals surface area contributed by atoms with Crippen LogP contribution < -0.4 is 16.0 Å². The van der Waals surface area contributed by atoms with Crippen molar-refractivity contribution in [1.29, 1.82) is 0 Å². The molecule has 7 nitrogen and oxygen atoms in total. The average Bonchev–Trinajstić information content (AvgIpc) is 3.00. The molecule has 0 radical (unpaired) electrons. The number of halogens is 1. The molecule has 0 saturated carbocycles. The maximum Gasteiger partial charge on any atom is 0.246 e. The molecule has 0 bridgehead atoms. The lowest BCUT2D eigenvalue weighted by atomic mass is 9.83. The maximum atomic E-state index is 13.8. The lowest BCUT2D eigenvalue weighted by Gasteiger charge is -2.36. The summed E-state index contributed by atoms with van der Waals surface area (Å²) in [5, 5.41) is 9.22. The van der Waals surface area contributed by atoms with E-state index in [1.807, 2.05) is 19.1 Å². The number of nitrogens with one attached hydrogen (secondary N) is 3. The molecule has 2 heterocycles. The Kier molecular flexibility index (Phi) is 9.16. The van der Waals surface area contributed by atoms with Gasteiger partial charge in [-0.25, -0.2) is 0 Å². The molecule has 35 heavy (non-hydrogen) atoms. The van der Waals surface area contributed by atoms with Gasteiger partial charge in [-0.15, -0.1) is 24.2 Å². The molecule has 2 fully saturated rings. The summed E-state index contributed by atoms with van der Waals surface area (Å²) in [7, 11) is 1.75. The van der Waals surface area contributed by atoms with Crippen LogP contribution in [0.15, 0.2) is 24.3 Å². The van der Waals surface area contributed by atoms with Crippen molar-refractivity contribution in [3.63, 3.8) is 0 Å². The first-order valence-corrected chi connectivity index (χ1v) is 13.6. The van der Waals surface area contributed by atoms with Gasteiger partial charge in [0.05, 0.1) is 17.5 Å². The molecule has 1 aromatic rings.